The van der Waals surface area contributed by atoms with E-state index in [0.717, 1.165) is 6.07 Å². The Kier molecular flexibility index (Phi) is 6.60. The van der Waals surface area contributed by atoms with Gasteiger partial charge in [-0.15, -0.1) is 0 Å². The second-order valence-corrected chi connectivity index (χ2v) is 5.59. The Morgan fingerprint density at radius 1 is 1.22 bits per heavy atom. The van der Waals surface area contributed by atoms with Gasteiger partial charge in [0, 0.05) is 18.9 Å². The molecule has 23 heavy (non-hydrogen) atoms. The molecule has 0 spiro atoms. The predicted octanol–water partition coefficient (Wildman–Crippen LogP) is 3.57. The Balaban J connectivity index is 2.68. The zero-order valence-corrected chi connectivity index (χ0v) is 13.0. The maximum atomic E-state index is 13.0. The van der Waals surface area contributed by atoms with Crippen molar-refractivity contribution in [3.05, 3.63) is 35.4 Å². The van der Waals surface area contributed by atoms with Gasteiger partial charge in [0.05, 0.1) is 5.56 Å². The van der Waals surface area contributed by atoms with Crippen LogP contribution in [0.5, 0.6) is 0 Å². The van der Waals surface area contributed by atoms with Gasteiger partial charge < -0.3 is 10.4 Å². The summed E-state index contributed by atoms with van der Waals surface area (Å²) in [5.74, 6) is -1.95. The van der Waals surface area contributed by atoms with Crippen molar-refractivity contribution < 1.29 is 27.9 Å². The van der Waals surface area contributed by atoms with E-state index in [4.69, 9.17) is 5.11 Å². The van der Waals surface area contributed by atoms with Crippen LogP contribution in [-0.2, 0) is 15.8 Å². The molecule has 1 amide bonds. The number of carbonyl (C=O) groups is 2. The molecule has 0 saturated heterocycles. The third-order valence-corrected chi connectivity index (χ3v) is 3.49. The number of hydrogen-bond acceptors (Lipinski definition) is 2. The van der Waals surface area contributed by atoms with Crippen molar-refractivity contribution >= 4 is 11.9 Å². The SMILES string of the molecule is CC(CCC(=O)O)NC(=O)CC(C)c1ccccc1C(F)(F)F. The molecule has 1 aromatic carbocycles. The van der Waals surface area contributed by atoms with Crippen molar-refractivity contribution in [2.24, 2.45) is 0 Å². The predicted molar refractivity (Wildman–Crippen MR) is 79.0 cm³/mol. The van der Waals surface area contributed by atoms with Crippen molar-refractivity contribution in [3.63, 3.8) is 0 Å². The van der Waals surface area contributed by atoms with Crippen molar-refractivity contribution in [1.82, 2.24) is 5.32 Å². The van der Waals surface area contributed by atoms with E-state index in [1.165, 1.54) is 18.2 Å². The lowest BCUT2D eigenvalue weighted by molar-refractivity contribution is -0.138. The van der Waals surface area contributed by atoms with Crippen LogP contribution in [0, 0.1) is 0 Å². The summed E-state index contributed by atoms with van der Waals surface area (Å²) in [5, 5.41) is 11.2. The van der Waals surface area contributed by atoms with Crippen LogP contribution in [0.25, 0.3) is 0 Å². The summed E-state index contributed by atoms with van der Waals surface area (Å²) in [5.41, 5.74) is -0.660. The zero-order chi connectivity index (χ0) is 17.6. The summed E-state index contributed by atoms with van der Waals surface area (Å²) in [6.07, 6.45) is -4.36. The van der Waals surface area contributed by atoms with E-state index in [0.29, 0.717) is 0 Å². The van der Waals surface area contributed by atoms with Gasteiger partial charge in [-0.2, -0.15) is 13.2 Å². The molecule has 2 N–H and O–H groups in total. The molecule has 128 valence electrons. The first-order valence-corrected chi connectivity index (χ1v) is 7.28. The lowest BCUT2D eigenvalue weighted by atomic mass is 9.92. The van der Waals surface area contributed by atoms with E-state index >= 15 is 0 Å². The summed E-state index contributed by atoms with van der Waals surface area (Å²) >= 11 is 0. The zero-order valence-electron chi connectivity index (χ0n) is 13.0. The van der Waals surface area contributed by atoms with E-state index < -0.39 is 29.5 Å². The number of hydrogen-bond donors (Lipinski definition) is 2. The summed E-state index contributed by atoms with van der Waals surface area (Å²) in [6, 6.07) is 4.85. The maximum Gasteiger partial charge on any atom is 0.416 e. The van der Waals surface area contributed by atoms with E-state index in [-0.39, 0.29) is 30.9 Å². The maximum absolute atomic E-state index is 13.0. The lowest BCUT2D eigenvalue weighted by Gasteiger charge is -2.19. The van der Waals surface area contributed by atoms with Gasteiger partial charge >= 0.3 is 12.1 Å². The molecule has 2 unspecified atom stereocenters. The average molecular weight is 331 g/mol. The van der Waals surface area contributed by atoms with Gasteiger partial charge in [-0.05, 0) is 30.9 Å². The van der Waals surface area contributed by atoms with Gasteiger partial charge in [-0.3, -0.25) is 9.59 Å². The second-order valence-electron chi connectivity index (χ2n) is 5.59. The van der Waals surface area contributed by atoms with Gasteiger partial charge in [0.1, 0.15) is 0 Å². The fourth-order valence-electron chi connectivity index (χ4n) is 2.32. The van der Waals surface area contributed by atoms with Crippen LogP contribution in [-0.4, -0.2) is 23.0 Å². The topological polar surface area (TPSA) is 66.4 Å². The van der Waals surface area contributed by atoms with E-state index in [1.807, 2.05) is 0 Å². The molecule has 2 atom stereocenters. The first-order chi connectivity index (χ1) is 10.6. The third kappa shape index (κ3) is 6.30. The third-order valence-electron chi connectivity index (χ3n) is 3.49. The smallest absolute Gasteiger partial charge is 0.416 e. The Bertz CT molecular complexity index is 558. The quantitative estimate of drug-likeness (QED) is 0.803. The average Bonchev–Trinajstić information content (AvgIpc) is 2.44. The number of nitrogens with one attached hydrogen (secondary N) is 1. The Labute approximate surface area is 132 Å². The number of carbonyl (C=O) groups excluding carboxylic acids is 1. The minimum Gasteiger partial charge on any atom is -0.481 e. The van der Waals surface area contributed by atoms with Gasteiger partial charge in [-0.25, -0.2) is 0 Å². The van der Waals surface area contributed by atoms with Crippen molar-refractivity contribution in [3.8, 4) is 0 Å². The molecule has 1 rings (SSSR count). The second kappa shape index (κ2) is 7.99. The van der Waals surface area contributed by atoms with E-state index in [1.54, 1.807) is 13.8 Å². The van der Waals surface area contributed by atoms with Crippen molar-refractivity contribution in [1.29, 1.82) is 0 Å². The standard InChI is InChI=1S/C16H20F3NO3/c1-10(9-14(21)20-11(2)7-8-15(22)23)12-5-3-4-6-13(12)16(17,18)19/h3-6,10-11H,7-9H2,1-2H3,(H,20,21)(H,22,23). The molecule has 0 aliphatic carbocycles. The first-order valence-electron chi connectivity index (χ1n) is 7.28. The number of benzene rings is 1. The van der Waals surface area contributed by atoms with Crippen LogP contribution in [0.3, 0.4) is 0 Å². The van der Waals surface area contributed by atoms with Gasteiger partial charge in [0.2, 0.25) is 5.91 Å². The molecule has 1 aromatic rings. The number of alkyl halides is 3. The monoisotopic (exact) mass is 331 g/mol. The summed E-state index contributed by atoms with van der Waals surface area (Å²) in [4.78, 5) is 22.4. The minimum absolute atomic E-state index is 0.0755. The summed E-state index contributed by atoms with van der Waals surface area (Å²) < 4.78 is 38.9. The van der Waals surface area contributed by atoms with E-state index in [9.17, 15) is 22.8 Å². The highest BCUT2D eigenvalue weighted by molar-refractivity contribution is 5.77. The summed E-state index contributed by atoms with van der Waals surface area (Å²) in [6.45, 7) is 3.22. The molecule has 0 aliphatic heterocycles. The molecular formula is C16H20F3NO3. The van der Waals surface area contributed by atoms with Gasteiger partial charge in [-0.1, -0.05) is 25.1 Å². The highest BCUT2D eigenvalue weighted by Crippen LogP contribution is 2.35. The molecule has 0 fully saturated rings. The molecule has 0 bridgehead atoms. The van der Waals surface area contributed by atoms with Crippen LogP contribution in [0.2, 0.25) is 0 Å². The van der Waals surface area contributed by atoms with Crippen LogP contribution >= 0.6 is 0 Å². The minimum atomic E-state index is -4.46. The number of halogens is 3. The molecule has 4 nitrogen and oxygen atoms in total. The van der Waals surface area contributed by atoms with E-state index in [2.05, 4.69) is 5.32 Å². The fraction of sp³-hybridized carbons (Fsp3) is 0.500. The number of carboxylic acid groups (broad SMARTS) is 1. The van der Waals surface area contributed by atoms with Crippen LogP contribution < -0.4 is 5.32 Å². The number of rotatable bonds is 7. The molecule has 0 saturated carbocycles. The highest BCUT2D eigenvalue weighted by Gasteiger charge is 2.34. The van der Waals surface area contributed by atoms with Gasteiger partial charge in [0.25, 0.3) is 0 Å². The molecule has 0 radical (unpaired) electrons. The Morgan fingerprint density at radius 2 is 1.83 bits per heavy atom. The van der Waals surface area contributed by atoms with Crippen LogP contribution in [0.1, 0.15) is 50.2 Å². The highest BCUT2D eigenvalue weighted by atomic mass is 19.4. The molecule has 0 heterocycles. The molecule has 0 aromatic heterocycles. The normalized spacial score (nSPS) is 14.1. The number of carboxylic acids is 1. The first kappa shape index (κ1) is 19.0. The lowest BCUT2D eigenvalue weighted by Crippen LogP contribution is -2.33. The summed E-state index contributed by atoms with van der Waals surface area (Å²) in [7, 11) is 0. The number of aliphatic carboxylic acids is 1. The van der Waals surface area contributed by atoms with Crippen LogP contribution in [0.4, 0.5) is 13.2 Å². The largest absolute Gasteiger partial charge is 0.481 e. The van der Waals surface area contributed by atoms with Crippen LogP contribution in [0.15, 0.2) is 24.3 Å². The van der Waals surface area contributed by atoms with Gasteiger partial charge in [0.15, 0.2) is 0 Å². The number of amides is 1. The molecule has 0 aliphatic rings. The molecular weight excluding hydrogens is 311 g/mol. The molecule has 7 heteroatoms. The Morgan fingerprint density at radius 3 is 2.39 bits per heavy atom. The van der Waals surface area contributed by atoms with Crippen molar-refractivity contribution in [2.75, 3.05) is 0 Å². The fourth-order valence-corrected chi connectivity index (χ4v) is 2.32. The Hall–Kier alpha value is -2.05. The van der Waals surface area contributed by atoms with Crippen molar-refractivity contribution in [2.45, 2.75) is 51.2 Å².